The Balaban J connectivity index is 1.43. The summed E-state index contributed by atoms with van der Waals surface area (Å²) in [6.45, 7) is 9.98. The highest BCUT2D eigenvalue weighted by Gasteiger charge is 2.28. The molecule has 0 aliphatic carbocycles. The van der Waals surface area contributed by atoms with Crippen LogP contribution < -0.4 is 0 Å². The maximum Gasteiger partial charge on any atom is 0.253 e. The molecule has 1 aromatic heterocycles. The first-order valence-corrected chi connectivity index (χ1v) is 11.0. The molecule has 1 saturated heterocycles. The summed E-state index contributed by atoms with van der Waals surface area (Å²) in [7, 11) is 0. The number of nitrogens with zero attached hydrogens (tertiary/aromatic N) is 3. The third kappa shape index (κ3) is 4.41. The molecular weight excluding hydrogens is 374 g/mol. The average molecular weight is 406 g/mol. The molecule has 30 heavy (non-hydrogen) atoms. The number of hydrogen-bond donors (Lipinski definition) is 0. The lowest BCUT2D eigenvalue weighted by Gasteiger charge is -2.31. The van der Waals surface area contributed by atoms with Gasteiger partial charge >= 0.3 is 0 Å². The van der Waals surface area contributed by atoms with E-state index in [4.69, 9.17) is 4.42 Å². The predicted molar refractivity (Wildman–Crippen MR) is 120 cm³/mol. The number of carbonyl (C=O) groups excluding carboxylic acids is 1. The van der Waals surface area contributed by atoms with Gasteiger partial charge in [-0.15, -0.1) is 0 Å². The van der Waals surface area contributed by atoms with Crippen molar-refractivity contribution in [1.29, 1.82) is 0 Å². The largest absolute Gasteiger partial charge is 0.440 e. The molecule has 1 unspecified atom stereocenters. The van der Waals surface area contributed by atoms with Crippen molar-refractivity contribution in [2.45, 2.75) is 52.1 Å². The van der Waals surface area contributed by atoms with Crippen molar-refractivity contribution in [3.8, 4) is 0 Å². The van der Waals surface area contributed by atoms with E-state index in [1.54, 1.807) is 0 Å². The van der Waals surface area contributed by atoms with Gasteiger partial charge in [0.1, 0.15) is 5.52 Å². The van der Waals surface area contributed by atoms with Gasteiger partial charge in [-0.2, -0.15) is 0 Å². The highest BCUT2D eigenvalue weighted by molar-refractivity contribution is 5.94. The predicted octanol–water partition coefficient (Wildman–Crippen LogP) is 5.08. The number of carbonyl (C=O) groups is 1. The van der Waals surface area contributed by atoms with Gasteiger partial charge in [0.15, 0.2) is 11.5 Å². The summed E-state index contributed by atoms with van der Waals surface area (Å²) in [5.74, 6) is 0.995. The summed E-state index contributed by atoms with van der Waals surface area (Å²) in [4.78, 5) is 22.1. The van der Waals surface area contributed by atoms with Crippen LogP contribution in [-0.4, -0.2) is 46.4 Å². The summed E-state index contributed by atoms with van der Waals surface area (Å²) in [6.07, 6.45) is 1.96. The quantitative estimate of drug-likeness (QED) is 0.574. The van der Waals surface area contributed by atoms with Crippen molar-refractivity contribution in [3.05, 3.63) is 65.5 Å². The average Bonchev–Trinajstić information content (AvgIpc) is 3.22. The normalized spacial score (nSPS) is 17.2. The van der Waals surface area contributed by atoms with Gasteiger partial charge in [0.05, 0.1) is 5.92 Å². The third-order valence-electron chi connectivity index (χ3n) is 6.09. The number of piperidine rings is 1. The van der Waals surface area contributed by atoms with Gasteiger partial charge in [0.2, 0.25) is 0 Å². The molecule has 0 bridgehead atoms. The zero-order valence-electron chi connectivity index (χ0n) is 18.2. The van der Waals surface area contributed by atoms with Gasteiger partial charge in [-0.05, 0) is 63.1 Å². The minimum Gasteiger partial charge on any atom is -0.440 e. The lowest BCUT2D eigenvalue weighted by atomic mass is 9.97. The van der Waals surface area contributed by atoms with Crippen LogP contribution >= 0.6 is 0 Å². The lowest BCUT2D eigenvalue weighted by molar-refractivity contribution is 0.0699. The Labute approximate surface area is 178 Å². The summed E-state index contributed by atoms with van der Waals surface area (Å²) in [5, 5.41) is 0. The van der Waals surface area contributed by atoms with Crippen molar-refractivity contribution in [2.24, 2.45) is 0 Å². The first kappa shape index (κ1) is 20.6. The van der Waals surface area contributed by atoms with E-state index in [-0.39, 0.29) is 11.8 Å². The van der Waals surface area contributed by atoms with E-state index in [1.807, 2.05) is 41.3 Å². The van der Waals surface area contributed by atoms with Crippen molar-refractivity contribution < 1.29 is 9.21 Å². The minimum atomic E-state index is 0.0959. The number of hydrogen-bond acceptors (Lipinski definition) is 4. The Bertz CT molecular complexity index is 960. The zero-order valence-corrected chi connectivity index (χ0v) is 18.2. The summed E-state index contributed by atoms with van der Waals surface area (Å²) in [6, 6.07) is 16.4. The SMILES string of the molecule is CCN(Cc1ccc(C(=O)N2CCCC(c3nc4ccccc4o3)C2)cc1)C(C)C. The Morgan fingerprint density at radius 2 is 1.97 bits per heavy atom. The molecule has 0 radical (unpaired) electrons. The number of likely N-dealkylation sites (tertiary alicyclic amines) is 1. The maximum atomic E-state index is 13.1. The van der Waals surface area contributed by atoms with Crippen LogP contribution in [0, 0.1) is 0 Å². The van der Waals surface area contributed by atoms with E-state index in [9.17, 15) is 4.79 Å². The molecule has 0 spiro atoms. The highest BCUT2D eigenvalue weighted by atomic mass is 16.3. The standard InChI is InChI=1S/C25H31N3O2/c1-4-27(18(2)3)16-19-11-13-20(14-12-19)25(29)28-15-7-8-21(17-28)24-26-22-9-5-6-10-23(22)30-24/h5-6,9-14,18,21H,4,7-8,15-17H2,1-3H3. The fraction of sp³-hybridized carbons (Fsp3) is 0.440. The fourth-order valence-electron chi connectivity index (χ4n) is 4.26. The second kappa shape index (κ2) is 9.00. The molecule has 158 valence electrons. The van der Waals surface area contributed by atoms with Crippen LogP contribution in [-0.2, 0) is 6.54 Å². The van der Waals surface area contributed by atoms with Crippen molar-refractivity contribution in [1.82, 2.24) is 14.8 Å². The molecule has 1 aliphatic heterocycles. The molecule has 1 atom stereocenters. The molecule has 3 aromatic rings. The smallest absolute Gasteiger partial charge is 0.253 e. The first-order chi connectivity index (χ1) is 14.5. The lowest BCUT2D eigenvalue weighted by Crippen LogP contribution is -2.39. The van der Waals surface area contributed by atoms with Crippen LogP contribution in [0.4, 0.5) is 0 Å². The Morgan fingerprint density at radius 3 is 2.67 bits per heavy atom. The molecule has 2 heterocycles. The van der Waals surface area contributed by atoms with Crippen LogP contribution in [0.25, 0.3) is 11.1 Å². The number of benzene rings is 2. The molecule has 1 amide bonds. The number of oxazole rings is 1. The Morgan fingerprint density at radius 1 is 1.20 bits per heavy atom. The summed E-state index contributed by atoms with van der Waals surface area (Å²) >= 11 is 0. The second-order valence-corrected chi connectivity index (χ2v) is 8.46. The molecule has 5 nitrogen and oxygen atoms in total. The molecule has 1 aliphatic rings. The first-order valence-electron chi connectivity index (χ1n) is 11.0. The Hall–Kier alpha value is -2.66. The molecule has 2 aromatic carbocycles. The van der Waals surface area contributed by atoms with E-state index in [2.05, 4.69) is 42.8 Å². The minimum absolute atomic E-state index is 0.0959. The number of amides is 1. The van der Waals surface area contributed by atoms with Gasteiger partial charge in [0, 0.05) is 31.2 Å². The molecule has 1 fully saturated rings. The van der Waals surface area contributed by atoms with Crippen LogP contribution in [0.5, 0.6) is 0 Å². The monoisotopic (exact) mass is 405 g/mol. The second-order valence-electron chi connectivity index (χ2n) is 8.46. The number of rotatable bonds is 6. The van der Waals surface area contributed by atoms with Crippen LogP contribution in [0.2, 0.25) is 0 Å². The highest BCUT2D eigenvalue weighted by Crippen LogP contribution is 2.29. The number of para-hydroxylation sites is 2. The Kier molecular flexibility index (Phi) is 6.18. The van der Waals surface area contributed by atoms with Gasteiger partial charge in [-0.1, -0.05) is 31.2 Å². The number of aromatic nitrogens is 1. The van der Waals surface area contributed by atoms with Crippen molar-refractivity contribution in [2.75, 3.05) is 19.6 Å². The van der Waals surface area contributed by atoms with Gasteiger partial charge < -0.3 is 9.32 Å². The van der Waals surface area contributed by atoms with Crippen molar-refractivity contribution >= 4 is 17.0 Å². The summed E-state index contributed by atoms with van der Waals surface area (Å²) in [5.41, 5.74) is 3.69. The number of fused-ring (bicyclic) bond motifs is 1. The maximum absolute atomic E-state index is 13.1. The van der Waals surface area contributed by atoms with E-state index < -0.39 is 0 Å². The fourth-order valence-corrected chi connectivity index (χ4v) is 4.26. The molecule has 0 N–H and O–H groups in total. The van der Waals surface area contributed by atoms with Crippen LogP contribution in [0.3, 0.4) is 0 Å². The third-order valence-corrected chi connectivity index (χ3v) is 6.09. The van der Waals surface area contributed by atoms with Crippen LogP contribution in [0.1, 0.15) is 61.3 Å². The van der Waals surface area contributed by atoms with E-state index in [0.29, 0.717) is 12.6 Å². The van der Waals surface area contributed by atoms with Crippen LogP contribution in [0.15, 0.2) is 52.9 Å². The van der Waals surface area contributed by atoms with E-state index in [0.717, 1.165) is 55.0 Å². The molecule has 4 rings (SSSR count). The van der Waals surface area contributed by atoms with Crippen molar-refractivity contribution in [3.63, 3.8) is 0 Å². The van der Waals surface area contributed by atoms with Gasteiger partial charge in [0.25, 0.3) is 5.91 Å². The van der Waals surface area contributed by atoms with Gasteiger partial charge in [-0.25, -0.2) is 4.98 Å². The van der Waals surface area contributed by atoms with E-state index in [1.165, 1.54) is 5.56 Å². The topological polar surface area (TPSA) is 49.6 Å². The van der Waals surface area contributed by atoms with Gasteiger partial charge in [-0.3, -0.25) is 9.69 Å². The summed E-state index contributed by atoms with van der Waals surface area (Å²) < 4.78 is 5.97. The molecular formula is C25H31N3O2. The molecule has 5 heteroatoms. The zero-order chi connectivity index (χ0) is 21.1. The molecule has 0 saturated carbocycles. The van der Waals surface area contributed by atoms with E-state index >= 15 is 0 Å².